The lowest BCUT2D eigenvalue weighted by Crippen LogP contribution is -2.44. The van der Waals surface area contributed by atoms with E-state index in [2.05, 4.69) is 15.2 Å². The second-order valence-corrected chi connectivity index (χ2v) is 9.47. The number of aromatic nitrogens is 2. The lowest BCUT2D eigenvalue weighted by molar-refractivity contribution is 0.0581. The van der Waals surface area contributed by atoms with E-state index in [1.807, 2.05) is 30.3 Å². The van der Waals surface area contributed by atoms with Crippen molar-refractivity contribution in [2.45, 2.75) is 26.4 Å². The smallest absolute Gasteiger partial charge is 0.425 e. The van der Waals surface area contributed by atoms with Crippen LogP contribution in [0.5, 0.6) is 0 Å². The lowest BCUT2D eigenvalue weighted by atomic mass is 10.2. The number of nitrogens with one attached hydrogen (secondary N) is 1. The molecule has 1 aromatic carbocycles. The maximum atomic E-state index is 12.8. The van der Waals surface area contributed by atoms with Crippen molar-refractivity contribution < 1.29 is 19.4 Å². The van der Waals surface area contributed by atoms with Gasteiger partial charge < -0.3 is 20.1 Å². The number of piperazine rings is 1. The number of anilines is 2. The Kier molecular flexibility index (Phi) is 5.98. The Balaban J connectivity index is 1.84. The molecule has 1 saturated heterocycles. The number of carbonyl (C=O) groups is 2. The highest BCUT2D eigenvalue weighted by molar-refractivity contribution is 7.22. The summed E-state index contributed by atoms with van der Waals surface area (Å²) < 4.78 is 6.36. The number of amides is 2. The van der Waals surface area contributed by atoms with Crippen LogP contribution in [0, 0.1) is 0 Å². The van der Waals surface area contributed by atoms with E-state index >= 15 is 0 Å². The molecule has 0 unspecified atom stereocenters. The molecule has 2 N–H and O–H groups in total. The van der Waals surface area contributed by atoms with Crippen LogP contribution in [-0.2, 0) is 4.74 Å². The van der Waals surface area contributed by atoms with Crippen molar-refractivity contribution in [2.24, 2.45) is 0 Å². The predicted molar refractivity (Wildman–Crippen MR) is 125 cm³/mol. The number of carbonyl (C=O) groups excluding carboxylic acids is 1. The van der Waals surface area contributed by atoms with E-state index in [1.165, 1.54) is 17.5 Å². The fraction of sp³-hybridized carbons (Fsp3) is 0.364. The van der Waals surface area contributed by atoms with Crippen molar-refractivity contribution in [3.8, 4) is 10.6 Å². The Labute approximate surface area is 189 Å². The summed E-state index contributed by atoms with van der Waals surface area (Å²) in [5.74, 6) is 0.564. The molecule has 0 saturated carbocycles. The van der Waals surface area contributed by atoms with Crippen molar-refractivity contribution in [1.29, 1.82) is 0 Å². The average molecular weight is 456 g/mol. The maximum absolute atomic E-state index is 12.8. The zero-order chi connectivity index (χ0) is 22.9. The SMILES string of the molecule is CC(C)(C)OC(=O)N(C(=O)O)c1ncc(N2CCNCC2)nc1-c1cc2ccccc2s1. The van der Waals surface area contributed by atoms with Gasteiger partial charge in [0.2, 0.25) is 0 Å². The van der Waals surface area contributed by atoms with Gasteiger partial charge in [-0.1, -0.05) is 18.2 Å². The van der Waals surface area contributed by atoms with E-state index < -0.39 is 17.8 Å². The van der Waals surface area contributed by atoms with Gasteiger partial charge in [0.05, 0.1) is 11.1 Å². The van der Waals surface area contributed by atoms with Gasteiger partial charge in [0.25, 0.3) is 0 Å². The first-order valence-corrected chi connectivity index (χ1v) is 11.1. The second kappa shape index (κ2) is 8.71. The van der Waals surface area contributed by atoms with Crippen molar-refractivity contribution in [1.82, 2.24) is 15.3 Å². The van der Waals surface area contributed by atoms with Gasteiger partial charge in [0.15, 0.2) is 5.82 Å². The largest absolute Gasteiger partial charge is 0.464 e. The van der Waals surface area contributed by atoms with E-state index in [0.717, 1.165) is 41.1 Å². The molecule has 1 aliphatic heterocycles. The van der Waals surface area contributed by atoms with Gasteiger partial charge in [-0.25, -0.2) is 19.6 Å². The van der Waals surface area contributed by atoms with E-state index in [-0.39, 0.29) is 5.82 Å². The summed E-state index contributed by atoms with van der Waals surface area (Å²) in [6.45, 7) is 8.19. The molecule has 9 nitrogen and oxygen atoms in total. The van der Waals surface area contributed by atoms with Gasteiger partial charge in [-0.2, -0.15) is 4.90 Å². The molecule has 3 aromatic rings. The molecule has 0 spiro atoms. The van der Waals surface area contributed by atoms with Crippen molar-refractivity contribution in [3.63, 3.8) is 0 Å². The van der Waals surface area contributed by atoms with Crippen LogP contribution in [0.15, 0.2) is 36.5 Å². The number of imide groups is 1. The normalized spacial score (nSPS) is 14.4. The molecule has 2 amide bonds. The van der Waals surface area contributed by atoms with Crippen LogP contribution in [0.2, 0.25) is 0 Å². The van der Waals surface area contributed by atoms with Crippen LogP contribution in [0.4, 0.5) is 21.2 Å². The van der Waals surface area contributed by atoms with Gasteiger partial charge in [0.1, 0.15) is 17.1 Å². The van der Waals surface area contributed by atoms with Crippen molar-refractivity contribution in [3.05, 3.63) is 36.5 Å². The van der Waals surface area contributed by atoms with Gasteiger partial charge in [-0.3, -0.25) is 0 Å². The fourth-order valence-electron chi connectivity index (χ4n) is 3.41. The third-order valence-corrected chi connectivity index (χ3v) is 5.94. The molecule has 2 aromatic heterocycles. The maximum Gasteiger partial charge on any atom is 0.425 e. The zero-order valence-electron chi connectivity index (χ0n) is 18.2. The molecule has 32 heavy (non-hydrogen) atoms. The molecule has 0 aliphatic carbocycles. The van der Waals surface area contributed by atoms with Crippen molar-refractivity contribution >= 4 is 45.2 Å². The molecular weight excluding hydrogens is 430 g/mol. The molecule has 0 bridgehead atoms. The average Bonchev–Trinajstić information content (AvgIpc) is 3.17. The summed E-state index contributed by atoms with van der Waals surface area (Å²) >= 11 is 1.47. The summed E-state index contributed by atoms with van der Waals surface area (Å²) in [6.07, 6.45) is -0.986. The molecular formula is C22H25N5O4S. The van der Waals surface area contributed by atoms with Gasteiger partial charge >= 0.3 is 12.2 Å². The first-order valence-electron chi connectivity index (χ1n) is 10.3. The van der Waals surface area contributed by atoms with Crippen LogP contribution in [0.3, 0.4) is 0 Å². The molecule has 3 heterocycles. The zero-order valence-corrected chi connectivity index (χ0v) is 19.0. The third kappa shape index (κ3) is 4.66. The van der Waals surface area contributed by atoms with Crippen LogP contribution >= 0.6 is 11.3 Å². The number of ether oxygens (including phenoxy) is 1. The van der Waals surface area contributed by atoms with Crippen molar-refractivity contribution in [2.75, 3.05) is 36.0 Å². The number of hydrogen-bond acceptors (Lipinski definition) is 8. The third-order valence-electron chi connectivity index (χ3n) is 4.82. The van der Waals surface area contributed by atoms with Gasteiger partial charge in [-0.15, -0.1) is 11.3 Å². The fourth-order valence-corrected chi connectivity index (χ4v) is 4.46. The Hall–Kier alpha value is -3.24. The summed E-state index contributed by atoms with van der Waals surface area (Å²) in [7, 11) is 0. The number of carboxylic acid groups (broad SMARTS) is 1. The van der Waals surface area contributed by atoms with Crippen LogP contribution in [-0.4, -0.2) is 59.0 Å². The highest BCUT2D eigenvalue weighted by Gasteiger charge is 2.33. The molecule has 1 aliphatic rings. The number of benzene rings is 1. The van der Waals surface area contributed by atoms with Crippen LogP contribution < -0.4 is 15.1 Å². The molecule has 4 rings (SSSR count). The molecule has 10 heteroatoms. The minimum absolute atomic E-state index is 0.0720. The predicted octanol–water partition coefficient (Wildman–Crippen LogP) is 4.19. The van der Waals surface area contributed by atoms with Gasteiger partial charge in [-0.05, 0) is 38.3 Å². The number of hydrogen-bond donors (Lipinski definition) is 2. The van der Waals surface area contributed by atoms with Crippen LogP contribution in [0.25, 0.3) is 20.7 Å². The van der Waals surface area contributed by atoms with E-state index in [4.69, 9.17) is 9.72 Å². The molecule has 1 fully saturated rings. The Bertz CT molecular complexity index is 1120. The summed E-state index contributed by atoms with van der Waals surface area (Å²) in [6, 6.07) is 9.78. The van der Waals surface area contributed by atoms with Crippen LogP contribution in [0.1, 0.15) is 20.8 Å². The number of nitrogens with zero attached hydrogens (tertiary/aromatic N) is 4. The first-order chi connectivity index (χ1) is 15.2. The highest BCUT2D eigenvalue weighted by atomic mass is 32.1. The van der Waals surface area contributed by atoms with E-state index in [9.17, 15) is 14.7 Å². The second-order valence-electron chi connectivity index (χ2n) is 8.38. The first kappa shape index (κ1) is 22.0. The van der Waals surface area contributed by atoms with E-state index in [0.29, 0.717) is 16.4 Å². The topological polar surface area (TPSA) is 108 Å². The van der Waals surface area contributed by atoms with E-state index in [1.54, 1.807) is 20.8 Å². The molecule has 0 atom stereocenters. The summed E-state index contributed by atoms with van der Waals surface area (Å²) in [4.78, 5) is 37.4. The lowest BCUT2D eigenvalue weighted by Gasteiger charge is -2.29. The molecule has 168 valence electrons. The Morgan fingerprint density at radius 3 is 2.59 bits per heavy atom. The standard InChI is InChI=1S/C22H25N5O4S/c1-22(2,3)31-21(30)27(20(28)29)19-18(16-12-14-6-4-5-7-15(14)32-16)25-17(13-24-19)26-10-8-23-9-11-26/h4-7,12-13,23H,8-11H2,1-3H3,(H,28,29). The number of thiophene rings is 1. The van der Waals surface area contributed by atoms with Gasteiger partial charge in [0, 0.05) is 30.9 Å². The Morgan fingerprint density at radius 2 is 1.94 bits per heavy atom. The summed E-state index contributed by atoms with van der Waals surface area (Å²) in [5.41, 5.74) is -0.535. The number of fused-ring (bicyclic) bond motifs is 1. The monoisotopic (exact) mass is 455 g/mol. The Morgan fingerprint density at radius 1 is 1.22 bits per heavy atom. The number of rotatable bonds is 3. The summed E-state index contributed by atoms with van der Waals surface area (Å²) in [5, 5.41) is 14.2. The molecule has 0 radical (unpaired) electrons. The highest BCUT2D eigenvalue weighted by Crippen LogP contribution is 2.38. The minimum atomic E-state index is -1.48. The minimum Gasteiger partial charge on any atom is -0.464 e. The quantitative estimate of drug-likeness (QED) is 0.605.